The van der Waals surface area contributed by atoms with Gasteiger partial charge < -0.3 is 14.2 Å². The number of rotatable bonds is 9. The highest BCUT2D eigenvalue weighted by atomic mass is 35.5. The van der Waals surface area contributed by atoms with Gasteiger partial charge in [-0.15, -0.1) is 11.6 Å². The van der Waals surface area contributed by atoms with Crippen LogP contribution in [0.2, 0.25) is 0 Å². The summed E-state index contributed by atoms with van der Waals surface area (Å²) in [5.41, 5.74) is 1.44. The minimum absolute atomic E-state index is 0.0319. The number of carbonyl (C=O) groups is 1. The standard InChI is InChI=1S/C24H24ClNO5S/c1-18(19-8-4-2-5-9-19)26(24(28)16-25)17-23(27)20-12-14-21(15-13-20)31-32(29,30)22-10-6-3-7-11-22/h2-15,18,23,27H,16-17H2,1H3/t18-,23-/m0/s1. The van der Waals surface area contributed by atoms with Crippen molar-refractivity contribution in [1.82, 2.24) is 4.90 Å². The summed E-state index contributed by atoms with van der Waals surface area (Å²) in [6.07, 6.45) is -0.992. The van der Waals surface area contributed by atoms with E-state index in [1.807, 2.05) is 37.3 Å². The van der Waals surface area contributed by atoms with Gasteiger partial charge in [-0.25, -0.2) is 0 Å². The third-order valence-corrected chi connectivity index (χ3v) is 6.55. The second-order valence-electron chi connectivity index (χ2n) is 7.20. The molecule has 0 saturated carbocycles. The molecule has 0 unspecified atom stereocenters. The van der Waals surface area contributed by atoms with E-state index in [0.29, 0.717) is 5.56 Å². The first-order valence-electron chi connectivity index (χ1n) is 10.00. The number of hydrogen-bond donors (Lipinski definition) is 1. The zero-order chi connectivity index (χ0) is 23.1. The number of hydrogen-bond acceptors (Lipinski definition) is 5. The molecule has 0 heterocycles. The SMILES string of the molecule is C[C@@H](c1ccccc1)N(C[C@H](O)c1ccc(OS(=O)(=O)c2ccccc2)cc1)C(=O)CCl. The van der Waals surface area contributed by atoms with Crippen molar-refractivity contribution in [2.45, 2.75) is 24.0 Å². The maximum absolute atomic E-state index is 12.4. The Hall–Kier alpha value is -2.87. The van der Waals surface area contributed by atoms with Crippen LogP contribution in [0.15, 0.2) is 89.8 Å². The molecule has 3 rings (SSSR count). The molecule has 6 nitrogen and oxygen atoms in total. The first-order chi connectivity index (χ1) is 15.3. The van der Waals surface area contributed by atoms with E-state index in [1.165, 1.54) is 29.2 Å². The fourth-order valence-corrected chi connectivity index (χ4v) is 4.37. The maximum atomic E-state index is 12.4. The van der Waals surface area contributed by atoms with Crippen molar-refractivity contribution in [1.29, 1.82) is 0 Å². The van der Waals surface area contributed by atoms with E-state index in [9.17, 15) is 18.3 Å². The summed E-state index contributed by atoms with van der Waals surface area (Å²) in [5, 5.41) is 10.7. The number of nitrogens with zero attached hydrogens (tertiary/aromatic N) is 1. The summed E-state index contributed by atoms with van der Waals surface area (Å²) in [6.45, 7) is 1.90. The molecule has 0 aliphatic carbocycles. The number of carbonyl (C=O) groups excluding carboxylic acids is 1. The Morgan fingerprint density at radius 3 is 2.06 bits per heavy atom. The average molecular weight is 474 g/mol. The zero-order valence-corrected chi connectivity index (χ0v) is 19.0. The molecule has 168 valence electrons. The van der Waals surface area contributed by atoms with E-state index in [2.05, 4.69) is 0 Å². The van der Waals surface area contributed by atoms with Gasteiger partial charge in [0.1, 0.15) is 16.5 Å². The quantitative estimate of drug-likeness (QED) is 0.369. The third-order valence-electron chi connectivity index (χ3n) is 5.06. The second-order valence-corrected chi connectivity index (χ2v) is 9.02. The molecule has 0 aliphatic rings. The number of aliphatic hydroxyl groups is 1. The van der Waals surface area contributed by atoms with Crippen molar-refractivity contribution in [2.75, 3.05) is 12.4 Å². The summed E-state index contributed by atoms with van der Waals surface area (Å²) in [7, 11) is -3.95. The Morgan fingerprint density at radius 1 is 0.938 bits per heavy atom. The molecule has 0 aromatic heterocycles. The number of amides is 1. The number of alkyl halides is 1. The minimum Gasteiger partial charge on any atom is -0.387 e. The smallest absolute Gasteiger partial charge is 0.339 e. The van der Waals surface area contributed by atoms with Gasteiger partial charge in [-0.3, -0.25) is 4.79 Å². The molecular formula is C24H24ClNO5S. The molecule has 3 aromatic rings. The van der Waals surface area contributed by atoms with Crippen LogP contribution < -0.4 is 4.18 Å². The summed E-state index contributed by atoms with van der Waals surface area (Å²) < 4.78 is 29.9. The lowest BCUT2D eigenvalue weighted by Crippen LogP contribution is -2.37. The summed E-state index contributed by atoms with van der Waals surface area (Å²) >= 11 is 5.79. The van der Waals surface area contributed by atoms with Crippen LogP contribution in [-0.4, -0.2) is 36.8 Å². The van der Waals surface area contributed by atoms with Crippen molar-refractivity contribution in [3.63, 3.8) is 0 Å². The second kappa shape index (κ2) is 10.6. The van der Waals surface area contributed by atoms with Crippen LogP contribution >= 0.6 is 11.6 Å². The van der Waals surface area contributed by atoms with Crippen molar-refractivity contribution in [2.24, 2.45) is 0 Å². The highest BCUT2D eigenvalue weighted by molar-refractivity contribution is 7.87. The van der Waals surface area contributed by atoms with Gasteiger partial charge in [-0.1, -0.05) is 60.7 Å². The highest BCUT2D eigenvalue weighted by Crippen LogP contribution is 2.26. The van der Waals surface area contributed by atoms with E-state index in [1.54, 1.807) is 30.3 Å². The molecule has 0 spiro atoms. The van der Waals surface area contributed by atoms with E-state index in [-0.39, 0.29) is 35.0 Å². The first kappa shape index (κ1) is 23.8. The predicted molar refractivity (Wildman–Crippen MR) is 123 cm³/mol. The molecule has 0 radical (unpaired) electrons. The lowest BCUT2D eigenvalue weighted by atomic mass is 10.0. The van der Waals surface area contributed by atoms with Crippen molar-refractivity contribution >= 4 is 27.6 Å². The fraction of sp³-hybridized carbons (Fsp3) is 0.208. The van der Waals surface area contributed by atoms with Crippen molar-refractivity contribution in [3.8, 4) is 5.75 Å². The molecule has 0 fully saturated rings. The Labute approximate surface area is 193 Å². The van der Waals surface area contributed by atoms with Gasteiger partial charge in [0.05, 0.1) is 18.7 Å². The zero-order valence-electron chi connectivity index (χ0n) is 17.5. The van der Waals surface area contributed by atoms with Gasteiger partial charge in [-0.05, 0) is 42.3 Å². The molecule has 0 saturated heterocycles. The van der Waals surface area contributed by atoms with Crippen LogP contribution in [0.4, 0.5) is 0 Å². The van der Waals surface area contributed by atoms with Crippen LogP contribution in [0.5, 0.6) is 5.75 Å². The van der Waals surface area contributed by atoms with E-state index in [0.717, 1.165) is 5.56 Å². The van der Waals surface area contributed by atoms with Gasteiger partial charge in [0.25, 0.3) is 0 Å². The van der Waals surface area contributed by atoms with E-state index in [4.69, 9.17) is 15.8 Å². The van der Waals surface area contributed by atoms with Crippen molar-refractivity contribution in [3.05, 3.63) is 96.1 Å². The van der Waals surface area contributed by atoms with Crippen LogP contribution in [0.3, 0.4) is 0 Å². The number of halogens is 1. The van der Waals surface area contributed by atoms with E-state index >= 15 is 0 Å². The van der Waals surface area contributed by atoms with Crippen LogP contribution in [0.25, 0.3) is 0 Å². The van der Waals surface area contributed by atoms with E-state index < -0.39 is 16.2 Å². The summed E-state index contributed by atoms with van der Waals surface area (Å²) in [5.74, 6) is -0.374. The summed E-state index contributed by atoms with van der Waals surface area (Å²) in [6, 6.07) is 23.1. The van der Waals surface area contributed by atoms with Gasteiger partial charge in [0, 0.05) is 0 Å². The van der Waals surface area contributed by atoms with Gasteiger partial charge in [0.2, 0.25) is 5.91 Å². The normalized spacial score (nSPS) is 13.2. The molecular weight excluding hydrogens is 450 g/mol. The van der Waals surface area contributed by atoms with Crippen LogP contribution in [0, 0.1) is 0 Å². The lowest BCUT2D eigenvalue weighted by Gasteiger charge is -2.31. The largest absolute Gasteiger partial charge is 0.387 e. The molecule has 0 aliphatic heterocycles. The molecule has 2 atom stereocenters. The minimum atomic E-state index is -3.95. The third kappa shape index (κ3) is 5.88. The molecule has 1 amide bonds. The Balaban J connectivity index is 1.72. The van der Waals surface area contributed by atoms with Gasteiger partial charge in [0.15, 0.2) is 0 Å². The average Bonchev–Trinajstić information content (AvgIpc) is 2.83. The molecule has 1 N–H and O–H groups in total. The lowest BCUT2D eigenvalue weighted by molar-refractivity contribution is -0.132. The topological polar surface area (TPSA) is 83.9 Å². The van der Waals surface area contributed by atoms with Gasteiger partial charge >= 0.3 is 10.1 Å². The molecule has 0 bridgehead atoms. The Kier molecular flexibility index (Phi) is 7.90. The van der Waals surface area contributed by atoms with Gasteiger partial charge in [-0.2, -0.15) is 8.42 Å². The summed E-state index contributed by atoms with van der Waals surface area (Å²) in [4.78, 5) is 14.0. The fourth-order valence-electron chi connectivity index (χ4n) is 3.26. The molecule has 32 heavy (non-hydrogen) atoms. The monoisotopic (exact) mass is 473 g/mol. The predicted octanol–water partition coefficient (Wildman–Crippen LogP) is 4.32. The number of benzene rings is 3. The van der Waals surface area contributed by atoms with Crippen LogP contribution in [0.1, 0.15) is 30.2 Å². The Morgan fingerprint density at radius 2 is 1.50 bits per heavy atom. The van der Waals surface area contributed by atoms with Crippen molar-refractivity contribution < 1.29 is 22.5 Å². The first-order valence-corrected chi connectivity index (χ1v) is 11.9. The number of aliphatic hydroxyl groups excluding tert-OH is 1. The maximum Gasteiger partial charge on any atom is 0.339 e. The molecule has 8 heteroatoms. The Bertz CT molecular complexity index is 1120. The molecule has 3 aromatic carbocycles. The highest BCUT2D eigenvalue weighted by Gasteiger charge is 2.24. The van der Waals surface area contributed by atoms with Crippen LogP contribution in [-0.2, 0) is 14.9 Å².